The van der Waals surface area contributed by atoms with E-state index in [4.69, 9.17) is 9.84 Å². The Balaban J connectivity index is 3.75. The third-order valence-corrected chi connectivity index (χ3v) is 1.96. The van der Waals surface area contributed by atoms with Crippen LogP contribution in [0.5, 0.6) is 0 Å². The first kappa shape index (κ1) is 12.4. The molecule has 0 aliphatic carbocycles. The lowest BCUT2D eigenvalue weighted by molar-refractivity contribution is -0.150. The highest BCUT2D eigenvalue weighted by Crippen LogP contribution is 2.00. The van der Waals surface area contributed by atoms with Crippen molar-refractivity contribution in [3.63, 3.8) is 0 Å². The summed E-state index contributed by atoms with van der Waals surface area (Å²) in [6.45, 7) is 5.98. The molecule has 1 atom stereocenters. The predicted molar refractivity (Wildman–Crippen MR) is 50.8 cm³/mol. The van der Waals surface area contributed by atoms with Gasteiger partial charge in [-0.15, -0.1) is 0 Å². The molecule has 0 amide bonds. The molecule has 0 radical (unpaired) electrons. The Morgan fingerprint density at radius 2 is 2.15 bits per heavy atom. The summed E-state index contributed by atoms with van der Waals surface area (Å²) in [5.41, 5.74) is 0. The van der Waals surface area contributed by atoms with E-state index < -0.39 is 12.1 Å². The molecule has 4 nitrogen and oxygen atoms in total. The molecule has 0 heterocycles. The molecule has 0 aromatic carbocycles. The molecule has 1 unspecified atom stereocenters. The van der Waals surface area contributed by atoms with E-state index in [9.17, 15) is 4.79 Å². The van der Waals surface area contributed by atoms with Crippen molar-refractivity contribution in [2.45, 2.75) is 26.4 Å². The molecule has 78 valence electrons. The van der Waals surface area contributed by atoms with Crippen LogP contribution >= 0.6 is 0 Å². The highest BCUT2D eigenvalue weighted by Gasteiger charge is 2.17. The number of rotatable bonds is 7. The number of ether oxygens (including phenoxy) is 1. The van der Waals surface area contributed by atoms with E-state index in [0.717, 1.165) is 13.1 Å². The van der Waals surface area contributed by atoms with Crippen LogP contribution in [0, 0.1) is 0 Å². The summed E-state index contributed by atoms with van der Waals surface area (Å²) in [6.07, 6.45) is -0.105. The van der Waals surface area contributed by atoms with Crippen LogP contribution in [0.4, 0.5) is 0 Å². The highest BCUT2D eigenvalue weighted by atomic mass is 16.5. The Labute approximate surface area is 79.5 Å². The van der Waals surface area contributed by atoms with Crippen LogP contribution < -0.4 is 0 Å². The van der Waals surface area contributed by atoms with Gasteiger partial charge in [-0.05, 0) is 26.9 Å². The third-order valence-electron chi connectivity index (χ3n) is 1.96. The minimum atomic E-state index is -0.869. The third kappa shape index (κ3) is 5.60. The van der Waals surface area contributed by atoms with Crippen LogP contribution in [0.25, 0.3) is 0 Å². The monoisotopic (exact) mass is 189 g/mol. The van der Waals surface area contributed by atoms with E-state index in [1.807, 2.05) is 14.0 Å². The summed E-state index contributed by atoms with van der Waals surface area (Å²) in [5.74, 6) is -0.869. The zero-order chi connectivity index (χ0) is 10.3. The van der Waals surface area contributed by atoms with Gasteiger partial charge in [-0.2, -0.15) is 0 Å². The Kier molecular flexibility index (Phi) is 6.54. The van der Waals surface area contributed by atoms with Crippen LogP contribution in [-0.4, -0.2) is 48.8 Å². The van der Waals surface area contributed by atoms with Gasteiger partial charge in [0.25, 0.3) is 0 Å². The van der Waals surface area contributed by atoms with E-state index in [-0.39, 0.29) is 0 Å². The van der Waals surface area contributed by atoms with E-state index in [1.54, 1.807) is 6.92 Å². The second-order valence-electron chi connectivity index (χ2n) is 2.97. The minimum Gasteiger partial charge on any atom is -0.479 e. The van der Waals surface area contributed by atoms with E-state index in [2.05, 4.69) is 4.90 Å². The van der Waals surface area contributed by atoms with Gasteiger partial charge in [-0.3, -0.25) is 0 Å². The Morgan fingerprint density at radius 1 is 1.54 bits per heavy atom. The van der Waals surface area contributed by atoms with Gasteiger partial charge in [0.15, 0.2) is 6.10 Å². The van der Waals surface area contributed by atoms with Gasteiger partial charge in [0.2, 0.25) is 0 Å². The van der Waals surface area contributed by atoms with Crippen molar-refractivity contribution in [2.24, 2.45) is 0 Å². The van der Waals surface area contributed by atoms with Crippen LogP contribution in [0.2, 0.25) is 0 Å². The Hall–Kier alpha value is -0.610. The van der Waals surface area contributed by atoms with Gasteiger partial charge >= 0.3 is 5.97 Å². The zero-order valence-corrected chi connectivity index (χ0v) is 8.62. The van der Waals surface area contributed by atoms with Crippen molar-refractivity contribution >= 4 is 5.97 Å². The quantitative estimate of drug-likeness (QED) is 0.644. The SMILES string of the molecule is CCOC(CCN(C)CC)C(=O)O. The fourth-order valence-electron chi connectivity index (χ4n) is 0.975. The topological polar surface area (TPSA) is 49.8 Å². The average molecular weight is 189 g/mol. The number of nitrogens with zero attached hydrogens (tertiary/aromatic N) is 1. The second-order valence-corrected chi connectivity index (χ2v) is 2.97. The van der Waals surface area contributed by atoms with Crippen LogP contribution in [0.3, 0.4) is 0 Å². The summed E-state index contributed by atoms with van der Waals surface area (Å²) in [5, 5.41) is 8.75. The smallest absolute Gasteiger partial charge is 0.332 e. The molecule has 4 heteroatoms. The van der Waals surface area contributed by atoms with Crippen molar-refractivity contribution in [1.82, 2.24) is 4.90 Å². The van der Waals surface area contributed by atoms with Crippen molar-refractivity contribution in [3.05, 3.63) is 0 Å². The van der Waals surface area contributed by atoms with E-state index >= 15 is 0 Å². The normalized spacial score (nSPS) is 13.2. The maximum atomic E-state index is 10.6. The van der Waals surface area contributed by atoms with Crippen molar-refractivity contribution in [3.8, 4) is 0 Å². The standard InChI is InChI=1S/C9H19NO3/c1-4-10(3)7-6-8(9(11)12)13-5-2/h8H,4-7H2,1-3H3,(H,11,12). The van der Waals surface area contributed by atoms with E-state index in [1.165, 1.54) is 0 Å². The molecule has 1 N–H and O–H groups in total. The number of carboxylic acids is 1. The lowest BCUT2D eigenvalue weighted by atomic mass is 10.2. The summed E-state index contributed by atoms with van der Waals surface area (Å²) in [7, 11) is 1.96. The molecule has 0 rings (SSSR count). The largest absolute Gasteiger partial charge is 0.479 e. The second kappa shape index (κ2) is 6.86. The van der Waals surface area contributed by atoms with Gasteiger partial charge in [0, 0.05) is 13.2 Å². The number of hydrogen-bond donors (Lipinski definition) is 1. The molecular formula is C9H19NO3. The van der Waals surface area contributed by atoms with Gasteiger partial charge in [-0.25, -0.2) is 4.79 Å². The first-order valence-corrected chi connectivity index (χ1v) is 4.64. The summed E-state index contributed by atoms with van der Waals surface area (Å²) >= 11 is 0. The molecule has 0 bridgehead atoms. The average Bonchev–Trinajstić information content (AvgIpc) is 2.11. The summed E-state index contributed by atoms with van der Waals surface area (Å²) in [4.78, 5) is 12.7. The summed E-state index contributed by atoms with van der Waals surface area (Å²) < 4.78 is 5.07. The fourth-order valence-corrected chi connectivity index (χ4v) is 0.975. The molecule has 0 fully saturated rings. The minimum absolute atomic E-state index is 0.451. The van der Waals surface area contributed by atoms with Gasteiger partial charge in [0.05, 0.1) is 0 Å². The molecule has 0 saturated heterocycles. The lowest BCUT2D eigenvalue weighted by Gasteiger charge is -2.17. The van der Waals surface area contributed by atoms with Crippen molar-refractivity contribution < 1.29 is 14.6 Å². The molecule has 0 aliphatic rings. The van der Waals surface area contributed by atoms with Gasteiger partial charge in [0.1, 0.15) is 0 Å². The Morgan fingerprint density at radius 3 is 2.54 bits per heavy atom. The number of carboxylic acid groups (broad SMARTS) is 1. The van der Waals surface area contributed by atoms with Gasteiger partial charge in [-0.1, -0.05) is 6.92 Å². The molecule has 0 aromatic heterocycles. The maximum Gasteiger partial charge on any atom is 0.332 e. The molecule has 13 heavy (non-hydrogen) atoms. The molecule has 0 aromatic rings. The molecular weight excluding hydrogens is 170 g/mol. The maximum absolute atomic E-state index is 10.6. The first-order chi connectivity index (χ1) is 6.11. The van der Waals surface area contributed by atoms with Crippen LogP contribution in [0.15, 0.2) is 0 Å². The molecule has 0 aliphatic heterocycles. The van der Waals surface area contributed by atoms with Crippen molar-refractivity contribution in [1.29, 1.82) is 0 Å². The first-order valence-electron chi connectivity index (χ1n) is 4.64. The zero-order valence-electron chi connectivity index (χ0n) is 8.62. The van der Waals surface area contributed by atoms with Crippen LogP contribution in [0.1, 0.15) is 20.3 Å². The number of carbonyl (C=O) groups is 1. The summed E-state index contributed by atoms with van der Waals surface area (Å²) in [6, 6.07) is 0. The van der Waals surface area contributed by atoms with Crippen LogP contribution in [-0.2, 0) is 9.53 Å². The lowest BCUT2D eigenvalue weighted by Crippen LogP contribution is -2.29. The number of hydrogen-bond acceptors (Lipinski definition) is 3. The van der Waals surface area contributed by atoms with E-state index in [0.29, 0.717) is 13.0 Å². The van der Waals surface area contributed by atoms with Crippen molar-refractivity contribution in [2.75, 3.05) is 26.7 Å². The molecule has 0 spiro atoms. The van der Waals surface area contributed by atoms with Gasteiger partial charge < -0.3 is 14.7 Å². The predicted octanol–water partition coefficient (Wildman–Crippen LogP) is 0.818. The number of aliphatic carboxylic acids is 1. The Bertz CT molecular complexity index is 150. The molecule has 0 saturated carbocycles. The highest BCUT2D eigenvalue weighted by molar-refractivity contribution is 5.72. The fraction of sp³-hybridized carbons (Fsp3) is 0.889.